The first-order valence-electron chi connectivity index (χ1n) is 18.5. The fourth-order valence-electron chi connectivity index (χ4n) is 6.54. The monoisotopic (exact) mass is 580 g/mol. The Morgan fingerprint density at radius 3 is 1.19 bits per heavy atom. The molecule has 0 saturated heterocycles. The fraction of sp³-hybridized carbons (Fsp3) is 0.756. The van der Waals surface area contributed by atoms with Crippen LogP contribution in [0, 0.1) is 11.8 Å². The van der Waals surface area contributed by atoms with Gasteiger partial charge >= 0.3 is 0 Å². The molecule has 2 unspecified atom stereocenters. The predicted molar refractivity (Wildman–Crippen MR) is 192 cm³/mol. The molecule has 0 aliphatic rings. The summed E-state index contributed by atoms with van der Waals surface area (Å²) < 4.78 is 0. The summed E-state index contributed by atoms with van der Waals surface area (Å²) in [5.41, 5.74) is 4.59. The summed E-state index contributed by atoms with van der Waals surface area (Å²) >= 11 is 0. The molecule has 0 aliphatic carbocycles. The summed E-state index contributed by atoms with van der Waals surface area (Å²) in [5.74, 6) is 1.42. The molecular formula is C41H73N. The smallest absolute Gasteiger partial charge is 0.0227 e. The molecule has 42 heavy (non-hydrogen) atoms. The van der Waals surface area contributed by atoms with Crippen LogP contribution in [0.2, 0.25) is 0 Å². The lowest BCUT2D eigenvalue weighted by Gasteiger charge is -2.15. The number of benzene rings is 1. The minimum Gasteiger partial charge on any atom is -0.305 e. The van der Waals surface area contributed by atoms with Crippen molar-refractivity contribution in [2.24, 2.45) is 11.8 Å². The lowest BCUT2D eigenvalue weighted by atomic mass is 9.92. The average Bonchev–Trinajstić information content (AvgIpc) is 2.97. The van der Waals surface area contributed by atoms with Gasteiger partial charge in [0.1, 0.15) is 0 Å². The van der Waals surface area contributed by atoms with Crippen LogP contribution in [0.4, 0.5) is 0 Å². The van der Waals surface area contributed by atoms with Crippen molar-refractivity contribution in [1.29, 1.82) is 0 Å². The van der Waals surface area contributed by atoms with E-state index in [9.17, 15) is 0 Å². The number of hydrogen-bond donors (Lipinski definition) is 0. The summed E-state index contributed by atoms with van der Waals surface area (Å²) in [5, 5.41) is 0. The Bertz CT molecular complexity index is 706. The molecule has 0 heterocycles. The normalized spacial score (nSPS) is 13.0. The second kappa shape index (κ2) is 27.2. The number of aryl methyl sites for hydroxylation is 2. The van der Waals surface area contributed by atoms with Gasteiger partial charge in [-0.15, -0.1) is 13.2 Å². The van der Waals surface area contributed by atoms with Crippen molar-refractivity contribution in [3.63, 3.8) is 0 Å². The maximum absolute atomic E-state index is 4.16. The highest BCUT2D eigenvalue weighted by Crippen LogP contribution is 2.23. The van der Waals surface area contributed by atoms with Crippen molar-refractivity contribution in [2.45, 2.75) is 174 Å². The molecule has 1 aromatic carbocycles. The molecule has 2 atom stereocenters. The van der Waals surface area contributed by atoms with E-state index in [0.717, 1.165) is 6.54 Å². The average molecular weight is 580 g/mol. The summed E-state index contributed by atoms with van der Waals surface area (Å²) in [4.78, 5) is 2.31. The largest absolute Gasteiger partial charge is 0.305 e. The van der Waals surface area contributed by atoms with Crippen LogP contribution in [0.5, 0.6) is 0 Å². The quantitative estimate of drug-likeness (QED) is 0.0647. The van der Waals surface area contributed by atoms with E-state index in [2.05, 4.69) is 76.4 Å². The van der Waals surface area contributed by atoms with E-state index >= 15 is 0 Å². The summed E-state index contributed by atoms with van der Waals surface area (Å²) in [6.07, 6.45) is 37.1. The number of rotatable bonds is 30. The van der Waals surface area contributed by atoms with Crippen LogP contribution in [-0.4, -0.2) is 19.0 Å². The lowest BCUT2D eigenvalue weighted by Crippen LogP contribution is -2.11. The van der Waals surface area contributed by atoms with E-state index in [0.29, 0.717) is 11.8 Å². The van der Waals surface area contributed by atoms with E-state index in [1.807, 2.05) is 0 Å². The first kappa shape index (κ1) is 38.7. The fourth-order valence-corrected chi connectivity index (χ4v) is 6.54. The Kier molecular flexibility index (Phi) is 25.1. The lowest BCUT2D eigenvalue weighted by molar-refractivity contribution is 0.402. The number of unbranched alkanes of at least 4 members (excludes halogenated alkanes) is 14. The van der Waals surface area contributed by atoms with Crippen LogP contribution in [-0.2, 0) is 19.4 Å². The first-order chi connectivity index (χ1) is 20.5. The highest BCUT2D eigenvalue weighted by atomic mass is 15.0. The van der Waals surface area contributed by atoms with E-state index in [4.69, 9.17) is 0 Å². The second-order valence-corrected chi connectivity index (χ2v) is 13.7. The Labute approximate surface area is 265 Å². The highest BCUT2D eigenvalue weighted by molar-refractivity contribution is 5.30. The van der Waals surface area contributed by atoms with Crippen LogP contribution in [0.25, 0.3) is 0 Å². The molecule has 0 amide bonds. The van der Waals surface area contributed by atoms with Crippen molar-refractivity contribution < 1.29 is 0 Å². The van der Waals surface area contributed by atoms with Crippen LogP contribution < -0.4 is 0 Å². The van der Waals surface area contributed by atoms with Crippen LogP contribution in [0.15, 0.2) is 43.5 Å². The summed E-state index contributed by atoms with van der Waals surface area (Å²) in [6, 6.07) is 7.47. The topological polar surface area (TPSA) is 3.24 Å². The van der Waals surface area contributed by atoms with Crippen LogP contribution in [0.1, 0.15) is 172 Å². The number of nitrogens with zero attached hydrogens (tertiary/aromatic N) is 1. The van der Waals surface area contributed by atoms with Gasteiger partial charge in [-0.1, -0.05) is 147 Å². The standard InChI is InChI=1S/C41H73N/c1-7-11-13-15-17-19-21-27-37(9-3)29-23-25-31-39-33-40(35-41(34-39)36-42(5)6)32-26-24-30-38(10-4)28-22-20-18-16-14-12-8-2/h9-10,33-35,37-38H,3-4,7-8,11-32,36H2,1-2,5-6H3. The number of hydrogen-bond acceptors (Lipinski definition) is 1. The zero-order valence-electron chi connectivity index (χ0n) is 29.1. The zero-order valence-corrected chi connectivity index (χ0v) is 29.1. The van der Waals surface area contributed by atoms with Gasteiger partial charge in [-0.05, 0) is 94.0 Å². The maximum Gasteiger partial charge on any atom is 0.0227 e. The zero-order chi connectivity index (χ0) is 30.7. The van der Waals surface area contributed by atoms with E-state index in [1.54, 1.807) is 11.1 Å². The van der Waals surface area contributed by atoms with Crippen LogP contribution >= 0.6 is 0 Å². The van der Waals surface area contributed by atoms with Gasteiger partial charge in [-0.25, -0.2) is 0 Å². The Morgan fingerprint density at radius 2 is 0.833 bits per heavy atom. The van der Waals surface area contributed by atoms with E-state index in [1.165, 1.54) is 160 Å². The van der Waals surface area contributed by atoms with Crippen molar-refractivity contribution in [3.8, 4) is 0 Å². The van der Waals surface area contributed by atoms with Gasteiger partial charge in [0, 0.05) is 6.54 Å². The third-order valence-electron chi connectivity index (χ3n) is 9.22. The Hall–Kier alpha value is -1.34. The Morgan fingerprint density at radius 1 is 0.500 bits per heavy atom. The van der Waals surface area contributed by atoms with Gasteiger partial charge in [-0.3, -0.25) is 0 Å². The van der Waals surface area contributed by atoms with Gasteiger partial charge < -0.3 is 4.90 Å². The van der Waals surface area contributed by atoms with Crippen molar-refractivity contribution in [1.82, 2.24) is 4.90 Å². The molecule has 1 nitrogen and oxygen atoms in total. The summed E-state index contributed by atoms with van der Waals surface area (Å²) in [7, 11) is 4.38. The van der Waals surface area contributed by atoms with Crippen molar-refractivity contribution >= 4 is 0 Å². The molecule has 0 aliphatic heterocycles. The molecule has 0 aromatic heterocycles. The molecule has 242 valence electrons. The SMILES string of the molecule is C=CC(CCCCCCCCC)CCCCc1cc(CCCCC(C=C)CCCCCCCCC)cc(CN(C)C)c1. The molecule has 0 spiro atoms. The molecule has 0 N–H and O–H groups in total. The van der Waals surface area contributed by atoms with Crippen LogP contribution in [0.3, 0.4) is 0 Å². The van der Waals surface area contributed by atoms with E-state index < -0.39 is 0 Å². The molecular weight excluding hydrogens is 506 g/mol. The second-order valence-electron chi connectivity index (χ2n) is 13.7. The predicted octanol–water partition coefficient (Wildman–Crippen LogP) is 13.1. The van der Waals surface area contributed by atoms with E-state index in [-0.39, 0.29) is 0 Å². The van der Waals surface area contributed by atoms with Gasteiger partial charge in [0.2, 0.25) is 0 Å². The Balaban J connectivity index is 2.40. The molecule has 0 saturated carbocycles. The molecule has 1 aromatic rings. The van der Waals surface area contributed by atoms with Gasteiger partial charge in [0.15, 0.2) is 0 Å². The first-order valence-corrected chi connectivity index (χ1v) is 18.5. The maximum atomic E-state index is 4.16. The molecule has 0 bridgehead atoms. The molecule has 0 radical (unpaired) electrons. The van der Waals surface area contributed by atoms with Crippen molar-refractivity contribution in [3.05, 3.63) is 60.2 Å². The molecule has 1 heteroatoms. The number of allylic oxidation sites excluding steroid dienone is 2. The summed E-state index contributed by atoms with van der Waals surface area (Å²) in [6.45, 7) is 14.0. The highest BCUT2D eigenvalue weighted by Gasteiger charge is 2.08. The minimum atomic E-state index is 0.710. The molecule has 1 rings (SSSR count). The van der Waals surface area contributed by atoms with Gasteiger partial charge in [-0.2, -0.15) is 0 Å². The van der Waals surface area contributed by atoms with Gasteiger partial charge in [0.05, 0.1) is 0 Å². The third-order valence-corrected chi connectivity index (χ3v) is 9.22. The minimum absolute atomic E-state index is 0.710. The van der Waals surface area contributed by atoms with Crippen molar-refractivity contribution in [2.75, 3.05) is 14.1 Å². The molecule has 0 fully saturated rings. The third kappa shape index (κ3) is 21.4. The van der Waals surface area contributed by atoms with Gasteiger partial charge in [0.25, 0.3) is 0 Å².